The Bertz CT molecular complexity index is 695. The molecule has 0 spiro atoms. The Labute approximate surface area is 148 Å². The van der Waals surface area contributed by atoms with Gasteiger partial charge >= 0.3 is 0 Å². The van der Waals surface area contributed by atoms with Gasteiger partial charge in [0.25, 0.3) is 5.91 Å². The second kappa shape index (κ2) is 8.53. The summed E-state index contributed by atoms with van der Waals surface area (Å²) in [6.45, 7) is 4.19. The minimum Gasteiger partial charge on any atom is -0.497 e. The SMILES string of the molecule is CCOc1ccccc1C(=O)NCC(C)(O)Cc1ccc(OC)cc1. The maximum absolute atomic E-state index is 12.4. The van der Waals surface area contributed by atoms with Gasteiger partial charge in [-0.15, -0.1) is 0 Å². The average Bonchev–Trinajstić information content (AvgIpc) is 2.61. The normalized spacial score (nSPS) is 13.0. The molecule has 0 saturated heterocycles. The number of benzene rings is 2. The zero-order valence-electron chi connectivity index (χ0n) is 14.9. The zero-order chi connectivity index (χ0) is 18.3. The summed E-state index contributed by atoms with van der Waals surface area (Å²) >= 11 is 0. The smallest absolute Gasteiger partial charge is 0.255 e. The van der Waals surface area contributed by atoms with Crippen molar-refractivity contribution in [3.63, 3.8) is 0 Å². The molecule has 5 heteroatoms. The lowest BCUT2D eigenvalue weighted by atomic mass is 9.96. The van der Waals surface area contributed by atoms with Crippen LogP contribution in [0.3, 0.4) is 0 Å². The van der Waals surface area contributed by atoms with Crippen LogP contribution < -0.4 is 14.8 Å². The first-order valence-corrected chi connectivity index (χ1v) is 8.30. The predicted octanol–water partition coefficient (Wildman–Crippen LogP) is 2.82. The molecule has 0 aliphatic heterocycles. The third-order valence-corrected chi connectivity index (χ3v) is 3.81. The summed E-state index contributed by atoms with van der Waals surface area (Å²) in [5, 5.41) is 13.4. The molecule has 0 fully saturated rings. The average molecular weight is 343 g/mol. The van der Waals surface area contributed by atoms with Gasteiger partial charge in [0, 0.05) is 13.0 Å². The molecule has 0 aromatic heterocycles. The number of hydrogen-bond acceptors (Lipinski definition) is 4. The van der Waals surface area contributed by atoms with Crippen molar-refractivity contribution >= 4 is 5.91 Å². The summed E-state index contributed by atoms with van der Waals surface area (Å²) in [5.41, 5.74) is 0.365. The van der Waals surface area contributed by atoms with Gasteiger partial charge in [-0.25, -0.2) is 0 Å². The van der Waals surface area contributed by atoms with Crippen molar-refractivity contribution in [3.05, 3.63) is 59.7 Å². The molecule has 2 aromatic rings. The van der Waals surface area contributed by atoms with Crippen LogP contribution in [0.4, 0.5) is 0 Å². The van der Waals surface area contributed by atoms with Gasteiger partial charge in [-0.2, -0.15) is 0 Å². The van der Waals surface area contributed by atoms with E-state index in [9.17, 15) is 9.90 Å². The largest absolute Gasteiger partial charge is 0.497 e. The van der Waals surface area contributed by atoms with Crippen LogP contribution >= 0.6 is 0 Å². The van der Waals surface area contributed by atoms with Crippen LogP contribution in [0.25, 0.3) is 0 Å². The van der Waals surface area contributed by atoms with Crippen LogP contribution in [0, 0.1) is 0 Å². The van der Waals surface area contributed by atoms with Gasteiger partial charge in [-0.3, -0.25) is 4.79 Å². The fourth-order valence-electron chi connectivity index (χ4n) is 2.55. The van der Waals surface area contributed by atoms with Crippen LogP contribution in [0.15, 0.2) is 48.5 Å². The summed E-state index contributed by atoms with van der Waals surface area (Å²) in [6, 6.07) is 14.6. The molecule has 25 heavy (non-hydrogen) atoms. The quantitative estimate of drug-likeness (QED) is 0.773. The highest BCUT2D eigenvalue weighted by Crippen LogP contribution is 2.19. The first kappa shape index (κ1) is 18.8. The summed E-state index contributed by atoms with van der Waals surface area (Å²) in [6.07, 6.45) is 0.421. The molecule has 1 amide bonds. The van der Waals surface area contributed by atoms with Crippen LogP contribution in [-0.4, -0.2) is 36.9 Å². The number of para-hydroxylation sites is 1. The third kappa shape index (κ3) is 5.50. The van der Waals surface area contributed by atoms with E-state index < -0.39 is 5.60 Å². The Morgan fingerprint density at radius 1 is 1.16 bits per heavy atom. The van der Waals surface area contributed by atoms with Crippen LogP contribution in [0.2, 0.25) is 0 Å². The molecule has 5 nitrogen and oxygen atoms in total. The van der Waals surface area contributed by atoms with E-state index in [0.29, 0.717) is 24.3 Å². The Morgan fingerprint density at radius 3 is 2.48 bits per heavy atom. The van der Waals surface area contributed by atoms with Crippen molar-refractivity contribution in [2.45, 2.75) is 25.9 Å². The van der Waals surface area contributed by atoms with Crippen molar-refractivity contribution in [1.82, 2.24) is 5.32 Å². The monoisotopic (exact) mass is 343 g/mol. The minimum absolute atomic E-state index is 0.137. The van der Waals surface area contributed by atoms with Crippen molar-refractivity contribution in [3.8, 4) is 11.5 Å². The number of carbonyl (C=O) groups is 1. The molecule has 2 N–H and O–H groups in total. The number of rotatable bonds is 8. The zero-order valence-corrected chi connectivity index (χ0v) is 14.9. The van der Waals surface area contributed by atoms with E-state index in [1.807, 2.05) is 37.3 Å². The Morgan fingerprint density at radius 2 is 1.84 bits per heavy atom. The second-order valence-corrected chi connectivity index (χ2v) is 6.13. The van der Waals surface area contributed by atoms with E-state index in [4.69, 9.17) is 9.47 Å². The van der Waals surface area contributed by atoms with Gasteiger partial charge in [0.2, 0.25) is 0 Å². The minimum atomic E-state index is -1.06. The molecular weight excluding hydrogens is 318 g/mol. The highest BCUT2D eigenvalue weighted by atomic mass is 16.5. The number of nitrogens with one attached hydrogen (secondary N) is 1. The fourth-order valence-corrected chi connectivity index (χ4v) is 2.55. The topological polar surface area (TPSA) is 67.8 Å². The maximum atomic E-state index is 12.4. The van der Waals surface area contributed by atoms with E-state index in [1.54, 1.807) is 32.2 Å². The van der Waals surface area contributed by atoms with Gasteiger partial charge in [0.05, 0.1) is 24.9 Å². The van der Waals surface area contributed by atoms with Crippen molar-refractivity contribution in [2.75, 3.05) is 20.3 Å². The fraction of sp³-hybridized carbons (Fsp3) is 0.350. The summed E-state index contributed by atoms with van der Waals surface area (Å²) < 4.78 is 10.6. The molecule has 0 heterocycles. The van der Waals surface area contributed by atoms with Gasteiger partial charge in [0.1, 0.15) is 11.5 Å². The van der Waals surface area contributed by atoms with E-state index in [2.05, 4.69) is 5.32 Å². The van der Waals surface area contributed by atoms with E-state index in [0.717, 1.165) is 11.3 Å². The summed E-state index contributed by atoms with van der Waals surface area (Å²) in [7, 11) is 1.61. The molecule has 0 bridgehead atoms. The first-order chi connectivity index (χ1) is 11.9. The highest BCUT2D eigenvalue weighted by molar-refractivity contribution is 5.96. The lowest BCUT2D eigenvalue weighted by Crippen LogP contribution is -2.42. The molecule has 1 atom stereocenters. The number of hydrogen-bond donors (Lipinski definition) is 2. The molecule has 0 radical (unpaired) electrons. The first-order valence-electron chi connectivity index (χ1n) is 8.30. The number of methoxy groups -OCH3 is 1. The maximum Gasteiger partial charge on any atom is 0.255 e. The van der Waals surface area contributed by atoms with Gasteiger partial charge in [-0.05, 0) is 43.7 Å². The summed E-state index contributed by atoms with van der Waals surface area (Å²) in [4.78, 5) is 12.4. The lowest BCUT2D eigenvalue weighted by Gasteiger charge is -2.24. The van der Waals surface area contributed by atoms with Crippen molar-refractivity contribution < 1.29 is 19.4 Å². The molecular formula is C20H25NO4. The molecule has 134 valence electrons. The van der Waals surface area contributed by atoms with Crippen LogP contribution in [0.1, 0.15) is 29.8 Å². The Kier molecular flexibility index (Phi) is 6.42. The van der Waals surface area contributed by atoms with Gasteiger partial charge < -0.3 is 19.9 Å². The molecule has 2 rings (SSSR count). The third-order valence-electron chi connectivity index (χ3n) is 3.81. The van der Waals surface area contributed by atoms with E-state index in [1.165, 1.54) is 0 Å². The van der Waals surface area contributed by atoms with E-state index in [-0.39, 0.29) is 12.5 Å². The number of amides is 1. The van der Waals surface area contributed by atoms with Gasteiger partial charge in [0.15, 0.2) is 0 Å². The lowest BCUT2D eigenvalue weighted by molar-refractivity contribution is 0.0551. The van der Waals surface area contributed by atoms with Gasteiger partial charge in [-0.1, -0.05) is 24.3 Å². The van der Waals surface area contributed by atoms with E-state index >= 15 is 0 Å². The summed E-state index contributed by atoms with van der Waals surface area (Å²) in [5.74, 6) is 1.04. The molecule has 0 saturated carbocycles. The Balaban J connectivity index is 1.97. The van der Waals surface area contributed by atoms with Crippen molar-refractivity contribution in [1.29, 1.82) is 0 Å². The molecule has 0 aliphatic rings. The standard InChI is InChI=1S/C20H25NO4/c1-4-25-18-8-6-5-7-17(18)19(22)21-14-20(2,23)13-15-9-11-16(24-3)12-10-15/h5-12,23H,4,13-14H2,1-3H3,(H,21,22). The number of aliphatic hydroxyl groups is 1. The Hall–Kier alpha value is -2.53. The molecule has 0 aliphatic carbocycles. The molecule has 1 unspecified atom stereocenters. The highest BCUT2D eigenvalue weighted by Gasteiger charge is 2.23. The van der Waals surface area contributed by atoms with Crippen molar-refractivity contribution in [2.24, 2.45) is 0 Å². The van der Waals surface area contributed by atoms with Crippen LogP contribution in [0.5, 0.6) is 11.5 Å². The van der Waals surface area contributed by atoms with Crippen LogP contribution in [-0.2, 0) is 6.42 Å². The number of ether oxygens (including phenoxy) is 2. The second-order valence-electron chi connectivity index (χ2n) is 6.13. The predicted molar refractivity (Wildman–Crippen MR) is 97.3 cm³/mol. The molecule has 2 aromatic carbocycles. The number of carbonyl (C=O) groups excluding carboxylic acids is 1.